The van der Waals surface area contributed by atoms with Crippen molar-refractivity contribution in [3.05, 3.63) is 11.8 Å². The molecule has 1 fully saturated rings. The summed E-state index contributed by atoms with van der Waals surface area (Å²) < 4.78 is 26.9. The zero-order valence-electron chi connectivity index (χ0n) is 10.3. The van der Waals surface area contributed by atoms with Crippen molar-refractivity contribution in [1.29, 1.82) is 0 Å². The number of nitrogens with zero attached hydrogens (tertiary/aromatic N) is 2. The summed E-state index contributed by atoms with van der Waals surface area (Å²) in [5.41, 5.74) is 5.67. The van der Waals surface area contributed by atoms with E-state index in [1.165, 1.54) is 6.20 Å². The van der Waals surface area contributed by atoms with Crippen LogP contribution in [-0.4, -0.2) is 34.9 Å². The molecule has 0 radical (unpaired) electrons. The summed E-state index contributed by atoms with van der Waals surface area (Å²) in [5, 5.41) is 17.3. The molecule has 19 heavy (non-hydrogen) atoms. The Morgan fingerprint density at radius 2 is 2.16 bits per heavy atom. The van der Waals surface area contributed by atoms with Crippen LogP contribution in [0, 0.1) is 0 Å². The summed E-state index contributed by atoms with van der Waals surface area (Å²) in [6.45, 7) is 0. The van der Waals surface area contributed by atoms with Gasteiger partial charge in [-0.05, 0) is 12.8 Å². The van der Waals surface area contributed by atoms with Crippen molar-refractivity contribution in [3.63, 3.8) is 0 Å². The van der Waals surface area contributed by atoms with Crippen molar-refractivity contribution in [2.45, 2.75) is 37.4 Å². The standard InChI is InChI=1S/C10H17N5O3S/c11-9(14-16)8-6-12-13-10(8)15-19(17,18)7-4-2-1-3-5-7/h6-7,16H,1-5H2,(H2,11,14)(H2,12,13,15). The Morgan fingerprint density at radius 3 is 2.79 bits per heavy atom. The van der Waals surface area contributed by atoms with Gasteiger partial charge in [-0.3, -0.25) is 9.82 Å². The highest BCUT2D eigenvalue weighted by Crippen LogP contribution is 2.25. The molecule has 0 bridgehead atoms. The van der Waals surface area contributed by atoms with Crippen LogP contribution in [0.3, 0.4) is 0 Å². The van der Waals surface area contributed by atoms with Gasteiger partial charge in [0.1, 0.15) is 5.82 Å². The Morgan fingerprint density at radius 1 is 1.47 bits per heavy atom. The van der Waals surface area contributed by atoms with E-state index in [-0.39, 0.29) is 17.2 Å². The van der Waals surface area contributed by atoms with E-state index in [0.29, 0.717) is 12.8 Å². The van der Waals surface area contributed by atoms with E-state index in [1.807, 2.05) is 0 Å². The van der Waals surface area contributed by atoms with Crippen LogP contribution in [0.25, 0.3) is 0 Å². The summed E-state index contributed by atoms with van der Waals surface area (Å²) in [7, 11) is -3.48. The van der Waals surface area contributed by atoms with E-state index in [9.17, 15) is 8.42 Å². The highest BCUT2D eigenvalue weighted by atomic mass is 32.2. The van der Waals surface area contributed by atoms with Gasteiger partial charge in [-0.1, -0.05) is 24.4 Å². The highest BCUT2D eigenvalue weighted by molar-refractivity contribution is 7.93. The lowest BCUT2D eigenvalue weighted by Crippen LogP contribution is -2.30. The number of aromatic nitrogens is 2. The minimum absolute atomic E-state index is 0.126. The minimum Gasteiger partial charge on any atom is -0.409 e. The van der Waals surface area contributed by atoms with Crippen LogP contribution in [-0.2, 0) is 10.0 Å². The van der Waals surface area contributed by atoms with Crippen molar-refractivity contribution >= 4 is 21.7 Å². The van der Waals surface area contributed by atoms with E-state index in [0.717, 1.165) is 19.3 Å². The summed E-state index contributed by atoms with van der Waals surface area (Å²) in [6, 6.07) is 0. The fourth-order valence-electron chi connectivity index (χ4n) is 2.21. The number of nitrogens with one attached hydrogen (secondary N) is 2. The van der Waals surface area contributed by atoms with Crippen LogP contribution in [0.1, 0.15) is 37.7 Å². The molecule has 5 N–H and O–H groups in total. The third-order valence-corrected chi connectivity index (χ3v) is 5.10. The molecule has 0 unspecified atom stereocenters. The van der Waals surface area contributed by atoms with Crippen molar-refractivity contribution < 1.29 is 13.6 Å². The molecule has 1 aliphatic rings. The van der Waals surface area contributed by atoms with Gasteiger partial charge >= 0.3 is 0 Å². The molecular weight excluding hydrogens is 270 g/mol. The van der Waals surface area contributed by atoms with Gasteiger partial charge in [0.15, 0.2) is 5.84 Å². The molecule has 1 saturated carbocycles. The lowest BCUT2D eigenvalue weighted by atomic mass is 10.0. The molecule has 0 spiro atoms. The summed E-state index contributed by atoms with van der Waals surface area (Å²) in [4.78, 5) is 0. The van der Waals surface area contributed by atoms with E-state index in [4.69, 9.17) is 10.9 Å². The van der Waals surface area contributed by atoms with Gasteiger partial charge < -0.3 is 10.9 Å². The van der Waals surface area contributed by atoms with Crippen LogP contribution >= 0.6 is 0 Å². The maximum Gasteiger partial charge on any atom is 0.236 e. The maximum atomic E-state index is 12.2. The van der Waals surface area contributed by atoms with Crippen LogP contribution in [0.2, 0.25) is 0 Å². The monoisotopic (exact) mass is 287 g/mol. The second-order valence-corrected chi connectivity index (χ2v) is 6.51. The molecular formula is C10H17N5O3S. The molecule has 0 saturated heterocycles. The van der Waals surface area contributed by atoms with Gasteiger partial charge in [-0.2, -0.15) is 5.10 Å². The van der Waals surface area contributed by atoms with Gasteiger partial charge in [0, 0.05) is 0 Å². The lowest BCUT2D eigenvalue weighted by molar-refractivity contribution is 0.318. The Kier molecular flexibility index (Phi) is 3.93. The molecule has 0 aliphatic heterocycles. The zero-order valence-corrected chi connectivity index (χ0v) is 11.2. The number of anilines is 1. The number of sulfonamides is 1. The lowest BCUT2D eigenvalue weighted by Gasteiger charge is -2.22. The smallest absolute Gasteiger partial charge is 0.236 e. The average Bonchev–Trinajstić information content (AvgIpc) is 2.86. The first-order chi connectivity index (χ1) is 9.04. The first-order valence-corrected chi connectivity index (χ1v) is 7.62. The van der Waals surface area contributed by atoms with Crippen molar-refractivity contribution in [1.82, 2.24) is 10.2 Å². The van der Waals surface area contributed by atoms with E-state index in [2.05, 4.69) is 20.1 Å². The van der Waals surface area contributed by atoms with Crippen LogP contribution < -0.4 is 10.5 Å². The SMILES string of the molecule is NC(=NO)c1cn[nH]c1NS(=O)(=O)C1CCCCC1. The molecule has 1 aromatic rings. The summed E-state index contributed by atoms with van der Waals surface area (Å²) >= 11 is 0. The average molecular weight is 287 g/mol. The maximum absolute atomic E-state index is 12.2. The van der Waals surface area contributed by atoms with Crippen LogP contribution in [0.15, 0.2) is 11.4 Å². The third kappa shape index (κ3) is 2.98. The molecule has 106 valence electrons. The first-order valence-electron chi connectivity index (χ1n) is 6.07. The van der Waals surface area contributed by atoms with Gasteiger partial charge in [0.2, 0.25) is 10.0 Å². The van der Waals surface area contributed by atoms with Crippen LogP contribution in [0.4, 0.5) is 5.82 Å². The number of hydrogen-bond acceptors (Lipinski definition) is 5. The Balaban J connectivity index is 2.18. The number of oxime groups is 1. The van der Waals surface area contributed by atoms with Gasteiger partial charge in [-0.15, -0.1) is 0 Å². The van der Waals surface area contributed by atoms with E-state index < -0.39 is 15.3 Å². The molecule has 0 atom stereocenters. The van der Waals surface area contributed by atoms with Crippen molar-refractivity contribution in [3.8, 4) is 0 Å². The number of nitrogens with two attached hydrogens (primary N) is 1. The third-order valence-electron chi connectivity index (χ3n) is 3.26. The summed E-state index contributed by atoms with van der Waals surface area (Å²) in [6.07, 6.45) is 5.52. The number of hydrogen-bond donors (Lipinski definition) is 4. The number of rotatable bonds is 4. The predicted octanol–water partition coefficient (Wildman–Crippen LogP) is 0.579. The van der Waals surface area contributed by atoms with E-state index >= 15 is 0 Å². The predicted molar refractivity (Wildman–Crippen MR) is 70.5 cm³/mol. The molecule has 1 aromatic heterocycles. The first kappa shape index (κ1) is 13.7. The van der Waals surface area contributed by atoms with Crippen molar-refractivity contribution in [2.75, 3.05) is 4.72 Å². The minimum atomic E-state index is -3.48. The van der Waals surface area contributed by atoms with E-state index in [1.54, 1.807) is 0 Å². The largest absolute Gasteiger partial charge is 0.409 e. The fraction of sp³-hybridized carbons (Fsp3) is 0.600. The topological polar surface area (TPSA) is 133 Å². The second kappa shape index (κ2) is 5.47. The van der Waals surface area contributed by atoms with Gasteiger partial charge in [0.05, 0.1) is 17.0 Å². The molecule has 0 amide bonds. The molecule has 1 heterocycles. The van der Waals surface area contributed by atoms with Gasteiger partial charge in [-0.25, -0.2) is 8.42 Å². The number of H-pyrrole nitrogens is 1. The Hall–Kier alpha value is -1.77. The molecule has 2 rings (SSSR count). The second-order valence-electron chi connectivity index (χ2n) is 4.55. The molecule has 8 nitrogen and oxygen atoms in total. The highest BCUT2D eigenvalue weighted by Gasteiger charge is 2.28. The number of amidine groups is 1. The van der Waals surface area contributed by atoms with Crippen LogP contribution in [0.5, 0.6) is 0 Å². The zero-order chi connectivity index (χ0) is 13.9. The molecule has 0 aromatic carbocycles. The quantitative estimate of drug-likeness (QED) is 0.278. The summed E-state index contributed by atoms with van der Waals surface area (Å²) in [5.74, 6) is -0.0732. The fourth-order valence-corrected chi connectivity index (χ4v) is 3.77. The van der Waals surface area contributed by atoms with Crippen molar-refractivity contribution in [2.24, 2.45) is 10.9 Å². The normalized spacial score (nSPS) is 18.4. The Labute approximate surface area is 111 Å². The molecule has 9 heteroatoms. The molecule has 1 aliphatic carbocycles. The Bertz CT molecular complexity index is 559. The number of aromatic amines is 1. The van der Waals surface area contributed by atoms with Gasteiger partial charge in [0.25, 0.3) is 0 Å².